The minimum absolute atomic E-state index is 0.0569. The zero-order valence-corrected chi connectivity index (χ0v) is 11.8. The van der Waals surface area contributed by atoms with Crippen molar-refractivity contribution in [3.8, 4) is 0 Å². The Hall–Kier alpha value is -1.84. The maximum atomic E-state index is 12.7. The fourth-order valence-corrected chi connectivity index (χ4v) is 3.17. The summed E-state index contributed by atoms with van der Waals surface area (Å²) >= 11 is 0. The standard InChI is InChI=1S/C16H20N2O2/c1-11-8-12-4-2-3-5-14(12)18(10-11)16(20)13-6-7-15(19)17-9-13/h2-5,11,13H,6-10H2,1H3,(H,17,19). The summed E-state index contributed by atoms with van der Waals surface area (Å²) in [6, 6.07) is 8.15. The van der Waals surface area contributed by atoms with Crippen LogP contribution in [0.15, 0.2) is 24.3 Å². The molecule has 0 aromatic heterocycles. The third kappa shape index (κ3) is 2.42. The number of nitrogens with one attached hydrogen (secondary N) is 1. The van der Waals surface area contributed by atoms with Crippen molar-refractivity contribution in [2.75, 3.05) is 18.0 Å². The molecule has 3 rings (SSSR count). The molecule has 2 heterocycles. The Kier molecular flexibility index (Phi) is 3.47. The Balaban J connectivity index is 1.83. The lowest BCUT2D eigenvalue weighted by Crippen LogP contribution is -2.47. The van der Waals surface area contributed by atoms with Crippen LogP contribution in [0.1, 0.15) is 25.3 Å². The molecule has 0 spiro atoms. The molecule has 2 aliphatic rings. The van der Waals surface area contributed by atoms with Gasteiger partial charge in [-0.3, -0.25) is 9.59 Å². The Bertz CT molecular complexity index is 531. The lowest BCUT2D eigenvalue weighted by atomic mass is 9.91. The summed E-state index contributed by atoms with van der Waals surface area (Å²) in [5, 5.41) is 2.80. The predicted molar refractivity (Wildman–Crippen MR) is 77.4 cm³/mol. The van der Waals surface area contributed by atoms with Gasteiger partial charge in [0.2, 0.25) is 11.8 Å². The monoisotopic (exact) mass is 272 g/mol. The number of fused-ring (bicyclic) bond motifs is 1. The van der Waals surface area contributed by atoms with E-state index < -0.39 is 0 Å². The number of hydrogen-bond acceptors (Lipinski definition) is 2. The summed E-state index contributed by atoms with van der Waals surface area (Å²) in [7, 11) is 0. The van der Waals surface area contributed by atoms with Crippen LogP contribution in [0.3, 0.4) is 0 Å². The topological polar surface area (TPSA) is 49.4 Å². The van der Waals surface area contributed by atoms with Gasteiger partial charge in [0.15, 0.2) is 0 Å². The molecule has 4 nitrogen and oxygen atoms in total. The van der Waals surface area contributed by atoms with Gasteiger partial charge in [0, 0.05) is 25.2 Å². The number of hydrogen-bond donors (Lipinski definition) is 1. The highest BCUT2D eigenvalue weighted by molar-refractivity contribution is 5.97. The summed E-state index contributed by atoms with van der Waals surface area (Å²) in [5.74, 6) is 0.614. The first-order chi connectivity index (χ1) is 9.65. The fraction of sp³-hybridized carbons (Fsp3) is 0.500. The molecule has 0 saturated carbocycles. The zero-order valence-electron chi connectivity index (χ0n) is 11.8. The van der Waals surface area contributed by atoms with Crippen molar-refractivity contribution < 1.29 is 9.59 Å². The second-order valence-electron chi connectivity index (χ2n) is 5.93. The molecule has 20 heavy (non-hydrogen) atoms. The van der Waals surface area contributed by atoms with Gasteiger partial charge >= 0.3 is 0 Å². The maximum absolute atomic E-state index is 12.7. The molecule has 0 aliphatic carbocycles. The molecule has 4 heteroatoms. The van der Waals surface area contributed by atoms with Crippen molar-refractivity contribution in [3.63, 3.8) is 0 Å². The van der Waals surface area contributed by atoms with Crippen LogP contribution < -0.4 is 10.2 Å². The Morgan fingerprint density at radius 2 is 2.15 bits per heavy atom. The molecule has 1 aromatic rings. The first-order valence-corrected chi connectivity index (χ1v) is 7.31. The van der Waals surface area contributed by atoms with Gasteiger partial charge in [0.1, 0.15) is 0 Å². The normalized spacial score (nSPS) is 25.9. The molecule has 106 valence electrons. The van der Waals surface area contributed by atoms with E-state index in [4.69, 9.17) is 0 Å². The van der Waals surface area contributed by atoms with E-state index >= 15 is 0 Å². The number of carbonyl (C=O) groups excluding carboxylic acids is 2. The average Bonchev–Trinajstić information content (AvgIpc) is 2.46. The van der Waals surface area contributed by atoms with Crippen LogP contribution in [0, 0.1) is 11.8 Å². The van der Waals surface area contributed by atoms with Crippen molar-refractivity contribution in [1.29, 1.82) is 0 Å². The van der Waals surface area contributed by atoms with Crippen LogP contribution in [0.4, 0.5) is 5.69 Å². The number of piperidine rings is 1. The number of nitrogens with zero attached hydrogens (tertiary/aromatic N) is 1. The molecule has 1 fully saturated rings. The molecule has 1 aromatic carbocycles. The number of amides is 2. The number of anilines is 1. The van der Waals surface area contributed by atoms with Crippen molar-refractivity contribution in [2.45, 2.75) is 26.2 Å². The molecule has 2 unspecified atom stereocenters. The molecule has 2 amide bonds. The van der Waals surface area contributed by atoms with E-state index in [0.29, 0.717) is 25.3 Å². The van der Waals surface area contributed by atoms with Gasteiger partial charge in [0.05, 0.1) is 5.92 Å². The first kappa shape index (κ1) is 13.2. The maximum Gasteiger partial charge on any atom is 0.231 e. The zero-order chi connectivity index (χ0) is 14.1. The summed E-state index contributed by atoms with van der Waals surface area (Å²) in [5.41, 5.74) is 2.30. The van der Waals surface area contributed by atoms with Crippen LogP contribution in [0.2, 0.25) is 0 Å². The van der Waals surface area contributed by atoms with Crippen molar-refractivity contribution in [2.24, 2.45) is 11.8 Å². The van der Waals surface area contributed by atoms with Gasteiger partial charge in [-0.2, -0.15) is 0 Å². The van der Waals surface area contributed by atoms with Crippen LogP contribution in [-0.2, 0) is 16.0 Å². The van der Waals surface area contributed by atoms with Crippen LogP contribution in [0.25, 0.3) is 0 Å². The minimum Gasteiger partial charge on any atom is -0.355 e. The quantitative estimate of drug-likeness (QED) is 0.846. The van der Waals surface area contributed by atoms with E-state index in [1.54, 1.807) is 0 Å². The van der Waals surface area contributed by atoms with E-state index in [1.165, 1.54) is 5.56 Å². The van der Waals surface area contributed by atoms with E-state index in [9.17, 15) is 9.59 Å². The van der Waals surface area contributed by atoms with Gasteiger partial charge in [0.25, 0.3) is 0 Å². The van der Waals surface area contributed by atoms with E-state index in [1.807, 2.05) is 23.1 Å². The first-order valence-electron chi connectivity index (χ1n) is 7.31. The molecule has 1 saturated heterocycles. The SMILES string of the molecule is CC1Cc2ccccc2N(C(=O)C2CCC(=O)NC2)C1. The van der Waals surface area contributed by atoms with Gasteiger partial charge in [-0.05, 0) is 30.4 Å². The van der Waals surface area contributed by atoms with E-state index in [2.05, 4.69) is 18.3 Å². The summed E-state index contributed by atoms with van der Waals surface area (Å²) in [6.07, 6.45) is 2.15. The third-order valence-corrected chi connectivity index (χ3v) is 4.23. The van der Waals surface area contributed by atoms with Gasteiger partial charge < -0.3 is 10.2 Å². The highest BCUT2D eigenvalue weighted by Gasteiger charge is 2.32. The third-order valence-electron chi connectivity index (χ3n) is 4.23. The fourth-order valence-electron chi connectivity index (χ4n) is 3.17. The molecule has 2 atom stereocenters. The van der Waals surface area contributed by atoms with Crippen LogP contribution in [-0.4, -0.2) is 24.9 Å². The highest BCUT2D eigenvalue weighted by atomic mass is 16.2. The van der Waals surface area contributed by atoms with Gasteiger partial charge in [-0.15, -0.1) is 0 Å². The van der Waals surface area contributed by atoms with Crippen molar-refractivity contribution in [3.05, 3.63) is 29.8 Å². The molecule has 2 aliphatic heterocycles. The Labute approximate surface area is 119 Å². The second kappa shape index (κ2) is 5.27. The average molecular weight is 272 g/mol. The molecular weight excluding hydrogens is 252 g/mol. The Morgan fingerprint density at radius 1 is 1.35 bits per heavy atom. The van der Waals surface area contributed by atoms with Crippen molar-refractivity contribution in [1.82, 2.24) is 5.32 Å². The minimum atomic E-state index is -0.0777. The summed E-state index contributed by atoms with van der Waals surface area (Å²) in [4.78, 5) is 25.9. The van der Waals surface area contributed by atoms with Gasteiger partial charge in [-0.25, -0.2) is 0 Å². The van der Waals surface area contributed by atoms with Crippen molar-refractivity contribution >= 4 is 17.5 Å². The number of para-hydroxylation sites is 1. The smallest absolute Gasteiger partial charge is 0.231 e. The highest BCUT2D eigenvalue weighted by Crippen LogP contribution is 2.31. The largest absolute Gasteiger partial charge is 0.355 e. The summed E-state index contributed by atoms with van der Waals surface area (Å²) in [6.45, 7) is 3.43. The second-order valence-corrected chi connectivity index (χ2v) is 5.93. The van der Waals surface area contributed by atoms with E-state index in [0.717, 1.165) is 18.7 Å². The molecule has 1 N–H and O–H groups in total. The number of rotatable bonds is 1. The molecule has 0 radical (unpaired) electrons. The molecular formula is C16H20N2O2. The van der Waals surface area contributed by atoms with Crippen LogP contribution in [0.5, 0.6) is 0 Å². The Morgan fingerprint density at radius 3 is 2.90 bits per heavy atom. The number of carbonyl (C=O) groups is 2. The predicted octanol–water partition coefficient (Wildman–Crippen LogP) is 1.74. The molecule has 0 bridgehead atoms. The lowest BCUT2D eigenvalue weighted by molar-refractivity contribution is -0.127. The number of benzene rings is 1. The lowest BCUT2D eigenvalue weighted by Gasteiger charge is -2.36. The van der Waals surface area contributed by atoms with E-state index in [-0.39, 0.29) is 17.7 Å². The van der Waals surface area contributed by atoms with Gasteiger partial charge in [-0.1, -0.05) is 25.1 Å². The van der Waals surface area contributed by atoms with Crippen LogP contribution >= 0.6 is 0 Å². The summed E-state index contributed by atoms with van der Waals surface area (Å²) < 4.78 is 0.